The maximum atomic E-state index is 13.7. The third kappa shape index (κ3) is 11.5. The molecule has 3 aromatic carbocycles. The second-order valence-electron chi connectivity index (χ2n) is 16.1. The van der Waals surface area contributed by atoms with Crippen LogP contribution >= 0.6 is 0 Å². The molecule has 2 aliphatic rings. The van der Waals surface area contributed by atoms with Crippen LogP contribution in [0.2, 0.25) is 0 Å². The fraction of sp³-hybridized carbons (Fsp3) is 0.432. The highest BCUT2D eigenvalue weighted by Crippen LogP contribution is 2.35. The molecule has 8 atom stereocenters. The van der Waals surface area contributed by atoms with E-state index in [-0.39, 0.29) is 16.7 Å². The molecule has 2 fully saturated rings. The van der Waals surface area contributed by atoms with E-state index in [0.29, 0.717) is 0 Å². The second-order valence-corrected chi connectivity index (χ2v) is 16.1. The van der Waals surface area contributed by atoms with Gasteiger partial charge in [0.25, 0.3) is 0 Å². The second kappa shape index (κ2) is 19.3. The third-order valence-corrected chi connectivity index (χ3v) is 9.08. The molecule has 0 radical (unpaired) electrons. The molecule has 0 saturated carbocycles. The summed E-state index contributed by atoms with van der Waals surface area (Å²) in [4.78, 5) is 92.4. The van der Waals surface area contributed by atoms with Crippen LogP contribution in [0.25, 0.3) is 0 Å². The number of hydrogen-bond donors (Lipinski definition) is 0. The Morgan fingerprint density at radius 2 is 1.08 bits per heavy atom. The molecule has 0 spiro atoms. The molecule has 0 aromatic heterocycles. The zero-order valence-electron chi connectivity index (χ0n) is 34.2. The molecule has 0 N–H and O–H groups in total. The summed E-state index contributed by atoms with van der Waals surface area (Å²) in [5, 5.41) is 0. The molecule has 16 nitrogen and oxygen atoms in total. The first-order valence-electron chi connectivity index (χ1n) is 19.1. The molecule has 2 heterocycles. The Morgan fingerprint density at radius 1 is 0.600 bits per heavy atom. The number of benzene rings is 3. The summed E-state index contributed by atoms with van der Waals surface area (Å²) in [5.41, 5.74) is -1.69. The van der Waals surface area contributed by atoms with E-state index in [2.05, 4.69) is 0 Å². The third-order valence-electron chi connectivity index (χ3n) is 9.08. The minimum absolute atomic E-state index is 0.0992. The minimum Gasteiger partial charge on any atom is -0.462 e. The van der Waals surface area contributed by atoms with E-state index in [1.165, 1.54) is 36.4 Å². The molecular weight excluding hydrogens is 784 g/mol. The Balaban J connectivity index is 1.55. The Labute approximate surface area is 346 Å². The van der Waals surface area contributed by atoms with Gasteiger partial charge in [0.1, 0.15) is 25.4 Å². The maximum Gasteiger partial charge on any atom is 0.352 e. The van der Waals surface area contributed by atoms with Gasteiger partial charge in [-0.05, 0) is 77.9 Å². The van der Waals surface area contributed by atoms with Gasteiger partial charge in [0.05, 0.1) is 27.5 Å². The van der Waals surface area contributed by atoms with E-state index in [4.69, 9.17) is 42.6 Å². The van der Waals surface area contributed by atoms with E-state index in [0.717, 1.165) is 6.92 Å². The molecule has 16 heteroatoms. The lowest BCUT2D eigenvalue weighted by atomic mass is 9.97. The molecule has 0 unspecified atom stereocenters. The Kier molecular flexibility index (Phi) is 14.5. The molecule has 5 rings (SSSR count). The largest absolute Gasteiger partial charge is 0.462 e. The van der Waals surface area contributed by atoms with Crippen LogP contribution in [-0.4, -0.2) is 104 Å². The quantitative estimate of drug-likeness (QED) is 0.158. The van der Waals surface area contributed by atoms with Gasteiger partial charge in [0, 0.05) is 6.92 Å². The number of esters is 7. The number of carbonyl (C=O) groups excluding carboxylic acids is 7. The topological polar surface area (TPSA) is 203 Å². The van der Waals surface area contributed by atoms with Crippen molar-refractivity contribution in [2.45, 2.75) is 97.5 Å². The predicted octanol–water partition coefficient (Wildman–Crippen LogP) is 4.81. The maximum absolute atomic E-state index is 13.7. The summed E-state index contributed by atoms with van der Waals surface area (Å²) in [6.45, 7) is 9.27. The molecule has 0 amide bonds. The monoisotopic (exact) mass is 832 g/mol. The van der Waals surface area contributed by atoms with Gasteiger partial charge in [-0.25, -0.2) is 19.2 Å². The summed E-state index contributed by atoms with van der Waals surface area (Å²) in [6, 6.07) is 23.8. The van der Waals surface area contributed by atoms with Crippen molar-refractivity contribution < 1.29 is 76.2 Å². The van der Waals surface area contributed by atoms with E-state index in [1.54, 1.807) is 96.1 Å². The fourth-order valence-corrected chi connectivity index (χ4v) is 5.90. The first-order chi connectivity index (χ1) is 28.3. The first kappa shape index (κ1) is 45.0. The van der Waals surface area contributed by atoms with E-state index in [1.807, 2.05) is 0 Å². The minimum atomic E-state index is -1.77. The Hall–Kier alpha value is -6.13. The average Bonchev–Trinajstić information content (AvgIpc) is 3.68. The molecule has 0 aliphatic carbocycles. The van der Waals surface area contributed by atoms with Gasteiger partial charge in [0.2, 0.25) is 6.10 Å². The Morgan fingerprint density at radius 3 is 1.57 bits per heavy atom. The number of hydrogen-bond acceptors (Lipinski definition) is 16. The molecule has 2 aliphatic heterocycles. The molecule has 0 bridgehead atoms. The van der Waals surface area contributed by atoms with Crippen molar-refractivity contribution in [3.8, 4) is 0 Å². The van der Waals surface area contributed by atoms with Crippen LogP contribution in [0.3, 0.4) is 0 Å². The molecule has 3 aromatic rings. The predicted molar refractivity (Wildman–Crippen MR) is 207 cm³/mol. The number of cyclic esters (lactones) is 1. The summed E-state index contributed by atoms with van der Waals surface area (Å²) in [5.74, 6) is -6.01. The smallest absolute Gasteiger partial charge is 0.352 e. The highest BCUT2D eigenvalue weighted by molar-refractivity contribution is 5.91. The zero-order chi connectivity index (χ0) is 43.8. The highest BCUT2D eigenvalue weighted by Gasteiger charge is 2.57. The SMILES string of the molecule is CC(=O)O[C@H]1[C@H]([C@@H](COC(=O)C(C)(C)C)O[C@@H]2O[C@H](COC(=O)c3ccccc3)[C@@H](OC(=O)c3ccccc3)[C@@H]2OC(=O)c2ccccc2)OC(=O)[C@@H]1OC(=O)C(C)(C)C. The van der Waals surface area contributed by atoms with E-state index >= 15 is 0 Å². The fourth-order valence-electron chi connectivity index (χ4n) is 5.90. The normalized spacial score (nSPS) is 23.1. The molecule has 2 saturated heterocycles. The lowest BCUT2D eigenvalue weighted by Gasteiger charge is -2.31. The average molecular weight is 833 g/mol. The van der Waals surface area contributed by atoms with Crippen LogP contribution in [0.15, 0.2) is 91.0 Å². The Bertz CT molecular complexity index is 2000. The summed E-state index contributed by atoms with van der Waals surface area (Å²) in [6.07, 6.45) is -12.9. The van der Waals surface area contributed by atoms with Crippen LogP contribution in [0.4, 0.5) is 0 Å². The van der Waals surface area contributed by atoms with Gasteiger partial charge in [-0.1, -0.05) is 54.6 Å². The van der Waals surface area contributed by atoms with Crippen LogP contribution < -0.4 is 0 Å². The number of ether oxygens (including phenoxy) is 9. The van der Waals surface area contributed by atoms with Crippen molar-refractivity contribution in [3.05, 3.63) is 108 Å². The lowest BCUT2D eigenvalue weighted by molar-refractivity contribution is -0.231. The van der Waals surface area contributed by atoms with Crippen LogP contribution in [-0.2, 0) is 61.8 Å². The van der Waals surface area contributed by atoms with Crippen LogP contribution in [0.1, 0.15) is 79.5 Å². The van der Waals surface area contributed by atoms with Crippen molar-refractivity contribution in [2.75, 3.05) is 13.2 Å². The zero-order valence-corrected chi connectivity index (χ0v) is 34.2. The van der Waals surface area contributed by atoms with Gasteiger partial charge in [-0.3, -0.25) is 14.4 Å². The van der Waals surface area contributed by atoms with Gasteiger partial charge in [0.15, 0.2) is 30.7 Å². The van der Waals surface area contributed by atoms with E-state index < -0.39 is 115 Å². The molecular formula is C44H48O16. The molecule has 60 heavy (non-hydrogen) atoms. The van der Waals surface area contributed by atoms with Crippen molar-refractivity contribution in [1.29, 1.82) is 0 Å². The van der Waals surface area contributed by atoms with Crippen molar-refractivity contribution in [2.24, 2.45) is 10.8 Å². The van der Waals surface area contributed by atoms with Gasteiger partial charge < -0.3 is 42.6 Å². The number of carbonyl (C=O) groups is 7. The summed E-state index contributed by atoms with van der Waals surface area (Å²) >= 11 is 0. The van der Waals surface area contributed by atoms with Crippen molar-refractivity contribution >= 4 is 41.8 Å². The van der Waals surface area contributed by atoms with Crippen LogP contribution in [0.5, 0.6) is 0 Å². The van der Waals surface area contributed by atoms with E-state index in [9.17, 15) is 33.6 Å². The number of rotatable bonds is 14. The van der Waals surface area contributed by atoms with Gasteiger partial charge in [-0.15, -0.1) is 0 Å². The standard InChI is InChI=1S/C44H48O16/c1-25(45)54-33-31(58-39(49)34(33)60-42(51)44(5,6)7)30(24-53-41(50)43(2,3)4)56-40-35(59-38(48)28-21-15-10-16-22-28)32(57-37(47)27-19-13-9-14-20-27)29(55-40)23-52-36(46)26-17-11-8-12-18-26/h8-22,29-35,40H,23-24H2,1-7H3/t29-,30-,31+,32-,33+,34-,35+,40+/m1/s1. The highest BCUT2D eigenvalue weighted by atomic mass is 16.8. The van der Waals surface area contributed by atoms with Crippen molar-refractivity contribution in [1.82, 2.24) is 0 Å². The van der Waals surface area contributed by atoms with Gasteiger partial charge in [-0.2, -0.15) is 0 Å². The summed E-state index contributed by atoms with van der Waals surface area (Å²) in [7, 11) is 0. The first-order valence-corrected chi connectivity index (χ1v) is 19.1. The van der Waals surface area contributed by atoms with Gasteiger partial charge >= 0.3 is 41.8 Å². The lowest BCUT2D eigenvalue weighted by Crippen LogP contribution is -2.50. The van der Waals surface area contributed by atoms with Crippen molar-refractivity contribution in [3.63, 3.8) is 0 Å². The molecule has 320 valence electrons. The summed E-state index contributed by atoms with van der Waals surface area (Å²) < 4.78 is 52.5. The van der Waals surface area contributed by atoms with Crippen LogP contribution in [0, 0.1) is 10.8 Å².